The fraction of sp³-hybridized carbons (Fsp3) is 0.231. The van der Waals surface area contributed by atoms with Crippen LogP contribution in [0.2, 0.25) is 5.02 Å². The van der Waals surface area contributed by atoms with Crippen molar-refractivity contribution in [2.24, 2.45) is 0 Å². The molecule has 9 heteroatoms. The van der Waals surface area contributed by atoms with Crippen molar-refractivity contribution in [3.05, 3.63) is 34.4 Å². The lowest BCUT2D eigenvalue weighted by atomic mass is 10.3. The second-order valence-electron chi connectivity index (χ2n) is 4.59. The van der Waals surface area contributed by atoms with Gasteiger partial charge in [-0.15, -0.1) is 11.3 Å². The van der Waals surface area contributed by atoms with E-state index in [-0.39, 0.29) is 12.5 Å². The minimum Gasteiger partial charge on any atom is -0.439 e. The van der Waals surface area contributed by atoms with Crippen LogP contribution in [0, 0.1) is 13.8 Å². The number of aromatic nitrogens is 4. The van der Waals surface area contributed by atoms with E-state index in [0.717, 1.165) is 5.69 Å². The van der Waals surface area contributed by atoms with Gasteiger partial charge in [-0.2, -0.15) is 5.10 Å². The number of halogens is 1. The first-order valence-corrected chi connectivity index (χ1v) is 7.65. The SMILES string of the molecule is Cc1nc(C)c(-c2csc(NC(=O)Cn3cc(Cl)cn3)n2)o1. The Kier molecular flexibility index (Phi) is 3.95. The fourth-order valence-electron chi connectivity index (χ4n) is 1.94. The number of amides is 1. The van der Waals surface area contributed by atoms with Gasteiger partial charge < -0.3 is 9.73 Å². The quantitative estimate of drug-likeness (QED) is 0.791. The molecule has 0 aliphatic carbocycles. The monoisotopic (exact) mass is 337 g/mol. The zero-order chi connectivity index (χ0) is 15.7. The summed E-state index contributed by atoms with van der Waals surface area (Å²) in [6.07, 6.45) is 3.06. The number of anilines is 1. The van der Waals surface area contributed by atoms with Crippen molar-refractivity contribution in [2.45, 2.75) is 20.4 Å². The summed E-state index contributed by atoms with van der Waals surface area (Å²) in [5.74, 6) is 0.973. The predicted octanol–water partition coefficient (Wildman–Crippen LogP) is 2.90. The number of rotatable bonds is 4. The van der Waals surface area contributed by atoms with Crippen molar-refractivity contribution < 1.29 is 9.21 Å². The molecule has 0 saturated heterocycles. The molecule has 0 aliphatic heterocycles. The molecule has 0 atom stereocenters. The summed E-state index contributed by atoms with van der Waals surface area (Å²) in [6, 6.07) is 0. The maximum Gasteiger partial charge on any atom is 0.247 e. The van der Waals surface area contributed by atoms with E-state index in [2.05, 4.69) is 20.4 Å². The van der Waals surface area contributed by atoms with Crippen LogP contribution in [-0.2, 0) is 11.3 Å². The van der Waals surface area contributed by atoms with Gasteiger partial charge in [0.1, 0.15) is 12.2 Å². The smallest absolute Gasteiger partial charge is 0.247 e. The van der Waals surface area contributed by atoms with Gasteiger partial charge in [0.2, 0.25) is 5.91 Å². The number of nitrogens with one attached hydrogen (secondary N) is 1. The maximum absolute atomic E-state index is 11.9. The third kappa shape index (κ3) is 3.18. The highest BCUT2D eigenvalue weighted by Gasteiger charge is 2.14. The molecule has 0 unspecified atom stereocenters. The molecule has 0 saturated carbocycles. The van der Waals surface area contributed by atoms with Gasteiger partial charge in [-0.1, -0.05) is 11.6 Å². The van der Waals surface area contributed by atoms with Crippen molar-refractivity contribution in [3.8, 4) is 11.5 Å². The second-order valence-corrected chi connectivity index (χ2v) is 5.88. The van der Waals surface area contributed by atoms with Crippen LogP contribution in [-0.4, -0.2) is 25.7 Å². The Hall–Kier alpha value is -2.19. The average Bonchev–Trinajstić information content (AvgIpc) is 3.12. The van der Waals surface area contributed by atoms with Gasteiger partial charge in [0.15, 0.2) is 16.8 Å². The molecule has 0 spiro atoms. The highest BCUT2D eigenvalue weighted by atomic mass is 35.5. The molecule has 3 aromatic heterocycles. The maximum atomic E-state index is 11.9. The highest BCUT2D eigenvalue weighted by Crippen LogP contribution is 2.28. The Morgan fingerprint density at radius 1 is 1.45 bits per heavy atom. The summed E-state index contributed by atoms with van der Waals surface area (Å²) in [4.78, 5) is 20.5. The summed E-state index contributed by atoms with van der Waals surface area (Å²) in [5, 5.41) is 9.46. The van der Waals surface area contributed by atoms with E-state index in [1.54, 1.807) is 13.1 Å². The zero-order valence-electron chi connectivity index (χ0n) is 11.8. The molecular formula is C13H12ClN5O2S. The van der Waals surface area contributed by atoms with E-state index >= 15 is 0 Å². The Labute approximate surface area is 135 Å². The molecule has 3 aromatic rings. The zero-order valence-corrected chi connectivity index (χ0v) is 13.4. The topological polar surface area (TPSA) is 85.8 Å². The van der Waals surface area contributed by atoms with E-state index in [1.807, 2.05) is 12.3 Å². The minimum absolute atomic E-state index is 0.0715. The lowest BCUT2D eigenvalue weighted by molar-refractivity contribution is -0.116. The van der Waals surface area contributed by atoms with Crippen molar-refractivity contribution >= 4 is 34.0 Å². The molecule has 22 heavy (non-hydrogen) atoms. The molecule has 0 bridgehead atoms. The number of aryl methyl sites for hydroxylation is 2. The van der Waals surface area contributed by atoms with Gasteiger partial charge >= 0.3 is 0 Å². The van der Waals surface area contributed by atoms with Gasteiger partial charge in [-0.05, 0) is 6.92 Å². The first-order chi connectivity index (χ1) is 10.5. The van der Waals surface area contributed by atoms with Gasteiger partial charge in [-0.3, -0.25) is 9.48 Å². The highest BCUT2D eigenvalue weighted by molar-refractivity contribution is 7.14. The Morgan fingerprint density at radius 2 is 2.27 bits per heavy atom. The van der Waals surface area contributed by atoms with Gasteiger partial charge in [-0.25, -0.2) is 9.97 Å². The summed E-state index contributed by atoms with van der Waals surface area (Å²) >= 11 is 7.07. The van der Waals surface area contributed by atoms with E-state index in [9.17, 15) is 4.79 Å². The van der Waals surface area contributed by atoms with E-state index in [4.69, 9.17) is 16.0 Å². The number of oxazole rings is 1. The Balaban J connectivity index is 1.69. The standard InChI is InChI=1S/C13H12ClN5O2S/c1-7-12(21-8(2)16-7)10-6-22-13(17-10)18-11(20)5-19-4-9(14)3-15-19/h3-4,6H,5H2,1-2H3,(H,17,18,20). The number of carbonyl (C=O) groups is 1. The first-order valence-electron chi connectivity index (χ1n) is 6.39. The third-order valence-corrected chi connectivity index (χ3v) is 3.75. The molecular weight excluding hydrogens is 326 g/mol. The Morgan fingerprint density at radius 3 is 2.91 bits per heavy atom. The minimum atomic E-state index is -0.230. The molecule has 1 amide bonds. The molecule has 0 radical (unpaired) electrons. The van der Waals surface area contributed by atoms with Crippen molar-refractivity contribution in [1.29, 1.82) is 0 Å². The molecule has 3 heterocycles. The summed E-state index contributed by atoms with van der Waals surface area (Å²) in [6.45, 7) is 3.70. The van der Waals surface area contributed by atoms with Crippen LogP contribution in [0.15, 0.2) is 22.2 Å². The number of hydrogen-bond acceptors (Lipinski definition) is 6. The number of thiazole rings is 1. The molecule has 1 N–H and O–H groups in total. The van der Waals surface area contributed by atoms with Crippen LogP contribution in [0.4, 0.5) is 5.13 Å². The third-order valence-electron chi connectivity index (χ3n) is 2.79. The number of hydrogen-bond donors (Lipinski definition) is 1. The molecule has 0 aromatic carbocycles. The van der Waals surface area contributed by atoms with Gasteiger partial charge in [0.05, 0.1) is 16.9 Å². The van der Waals surface area contributed by atoms with Crippen molar-refractivity contribution in [1.82, 2.24) is 19.7 Å². The molecule has 7 nitrogen and oxygen atoms in total. The first kappa shape index (κ1) is 14.7. The normalized spacial score (nSPS) is 10.9. The van der Waals surface area contributed by atoms with E-state index in [1.165, 1.54) is 22.2 Å². The second kappa shape index (κ2) is 5.90. The lowest BCUT2D eigenvalue weighted by Crippen LogP contribution is -2.18. The van der Waals surface area contributed by atoms with Crippen LogP contribution < -0.4 is 5.32 Å². The summed E-state index contributed by atoms with van der Waals surface area (Å²) < 4.78 is 6.96. The molecule has 114 valence electrons. The van der Waals surface area contributed by atoms with Crippen molar-refractivity contribution in [2.75, 3.05) is 5.32 Å². The van der Waals surface area contributed by atoms with Crippen LogP contribution in [0.25, 0.3) is 11.5 Å². The summed E-state index contributed by atoms with van der Waals surface area (Å²) in [5.41, 5.74) is 1.42. The molecule has 0 aliphatic rings. The van der Waals surface area contributed by atoms with E-state index < -0.39 is 0 Å². The Bertz CT molecular complexity index is 822. The van der Waals surface area contributed by atoms with Crippen LogP contribution in [0.3, 0.4) is 0 Å². The number of carbonyl (C=O) groups excluding carboxylic acids is 1. The number of nitrogens with zero attached hydrogens (tertiary/aromatic N) is 4. The average molecular weight is 338 g/mol. The fourth-order valence-corrected chi connectivity index (χ4v) is 2.80. The van der Waals surface area contributed by atoms with Crippen LogP contribution >= 0.6 is 22.9 Å². The van der Waals surface area contributed by atoms with Crippen LogP contribution in [0.1, 0.15) is 11.6 Å². The molecule has 3 rings (SSSR count). The molecule has 0 fully saturated rings. The summed E-state index contributed by atoms with van der Waals surface area (Å²) in [7, 11) is 0. The van der Waals surface area contributed by atoms with Gasteiger partial charge in [0, 0.05) is 18.5 Å². The lowest BCUT2D eigenvalue weighted by Gasteiger charge is -2.01. The van der Waals surface area contributed by atoms with Crippen molar-refractivity contribution in [3.63, 3.8) is 0 Å². The predicted molar refractivity (Wildman–Crippen MR) is 83.0 cm³/mol. The largest absolute Gasteiger partial charge is 0.439 e. The van der Waals surface area contributed by atoms with E-state index in [0.29, 0.717) is 27.5 Å². The van der Waals surface area contributed by atoms with Crippen LogP contribution in [0.5, 0.6) is 0 Å². The van der Waals surface area contributed by atoms with Gasteiger partial charge in [0.25, 0.3) is 0 Å².